The highest BCUT2D eigenvalue weighted by Gasteiger charge is 2.07. The molecule has 0 unspecified atom stereocenters. The number of rotatable bonds is 4. The molecule has 1 aromatic heterocycles. The van der Waals surface area contributed by atoms with Gasteiger partial charge in [0.2, 0.25) is 0 Å². The van der Waals surface area contributed by atoms with Crippen molar-refractivity contribution in [3.63, 3.8) is 0 Å². The Kier molecular flexibility index (Phi) is 4.86. The molecule has 1 amide bonds. The number of hydrogen-bond acceptors (Lipinski definition) is 4. The molecule has 0 atom stereocenters. The fourth-order valence-corrected chi connectivity index (χ4v) is 2.39. The summed E-state index contributed by atoms with van der Waals surface area (Å²) < 4.78 is 0.922. The van der Waals surface area contributed by atoms with E-state index >= 15 is 0 Å². The molecular weight excluding hydrogens is 368 g/mol. The zero-order chi connectivity index (χ0) is 16.9. The van der Waals surface area contributed by atoms with E-state index in [1.165, 1.54) is 0 Å². The lowest BCUT2D eigenvalue weighted by Gasteiger charge is -2.07. The minimum absolute atomic E-state index is 0.226. The number of nitrogens with one attached hydrogen (secondary N) is 2. The van der Waals surface area contributed by atoms with Gasteiger partial charge in [-0.15, -0.1) is 10.2 Å². The van der Waals surface area contributed by atoms with Gasteiger partial charge in [0, 0.05) is 15.7 Å². The Labute approximate surface area is 148 Å². The van der Waals surface area contributed by atoms with Gasteiger partial charge >= 0.3 is 0 Å². The average molecular weight is 383 g/mol. The van der Waals surface area contributed by atoms with E-state index in [0.29, 0.717) is 17.2 Å². The van der Waals surface area contributed by atoms with Crippen molar-refractivity contribution >= 4 is 39.2 Å². The first-order valence-electron chi connectivity index (χ1n) is 7.34. The molecule has 0 fully saturated rings. The van der Waals surface area contributed by atoms with Crippen LogP contribution in [0.15, 0.2) is 65.1 Å². The van der Waals surface area contributed by atoms with Crippen LogP contribution in [0.25, 0.3) is 0 Å². The smallest absolute Gasteiger partial charge is 0.256 e. The summed E-state index contributed by atoms with van der Waals surface area (Å²) in [6.07, 6.45) is 0. The van der Waals surface area contributed by atoms with E-state index < -0.39 is 0 Å². The first kappa shape index (κ1) is 16.1. The number of anilines is 3. The van der Waals surface area contributed by atoms with Crippen LogP contribution in [0.5, 0.6) is 0 Å². The number of carbonyl (C=O) groups is 1. The molecule has 2 N–H and O–H groups in total. The van der Waals surface area contributed by atoms with E-state index in [2.05, 4.69) is 36.8 Å². The van der Waals surface area contributed by atoms with Crippen LogP contribution in [0.4, 0.5) is 17.3 Å². The van der Waals surface area contributed by atoms with E-state index in [9.17, 15) is 4.79 Å². The van der Waals surface area contributed by atoms with Crippen LogP contribution in [0.1, 0.15) is 15.9 Å². The van der Waals surface area contributed by atoms with Crippen LogP contribution >= 0.6 is 15.9 Å². The highest BCUT2D eigenvalue weighted by atomic mass is 79.9. The first-order valence-corrected chi connectivity index (χ1v) is 8.14. The monoisotopic (exact) mass is 382 g/mol. The third-order valence-corrected chi connectivity index (χ3v) is 3.83. The summed E-state index contributed by atoms with van der Waals surface area (Å²) in [5.41, 5.74) is 2.66. The predicted octanol–water partition coefficient (Wildman–Crippen LogP) is 4.54. The fourth-order valence-electron chi connectivity index (χ4n) is 2.13. The van der Waals surface area contributed by atoms with Gasteiger partial charge in [0.05, 0.1) is 0 Å². The number of nitrogens with zero attached hydrogens (tertiary/aromatic N) is 2. The van der Waals surface area contributed by atoms with E-state index in [1.54, 1.807) is 24.3 Å². The molecule has 2 aromatic carbocycles. The summed E-state index contributed by atoms with van der Waals surface area (Å²) in [6, 6.07) is 18.6. The Morgan fingerprint density at radius 2 is 1.67 bits per heavy atom. The summed E-state index contributed by atoms with van der Waals surface area (Å²) in [5.74, 6) is 0.788. The van der Waals surface area contributed by atoms with Crippen LogP contribution in [0, 0.1) is 6.92 Å². The second-order valence-electron chi connectivity index (χ2n) is 5.26. The summed E-state index contributed by atoms with van der Waals surface area (Å²) in [7, 11) is 0. The maximum Gasteiger partial charge on any atom is 0.256 e. The Morgan fingerprint density at radius 1 is 0.958 bits per heavy atom. The molecule has 1 heterocycles. The Balaban J connectivity index is 1.66. The van der Waals surface area contributed by atoms with Crippen molar-refractivity contribution in [1.82, 2.24) is 10.2 Å². The summed E-state index contributed by atoms with van der Waals surface area (Å²) >= 11 is 3.34. The molecule has 0 bridgehead atoms. The lowest BCUT2D eigenvalue weighted by molar-refractivity contribution is 0.102. The lowest BCUT2D eigenvalue weighted by atomic mass is 10.2. The van der Waals surface area contributed by atoms with Gasteiger partial charge in [-0.25, -0.2) is 0 Å². The van der Waals surface area contributed by atoms with Gasteiger partial charge in [0.25, 0.3) is 5.91 Å². The minimum Gasteiger partial charge on any atom is -0.339 e. The molecule has 0 aliphatic carbocycles. The molecule has 120 valence electrons. The van der Waals surface area contributed by atoms with Gasteiger partial charge in [0.15, 0.2) is 11.6 Å². The van der Waals surface area contributed by atoms with Gasteiger partial charge < -0.3 is 10.6 Å². The van der Waals surface area contributed by atoms with Gasteiger partial charge in [-0.2, -0.15) is 0 Å². The average Bonchev–Trinajstić information content (AvgIpc) is 2.57. The van der Waals surface area contributed by atoms with Crippen molar-refractivity contribution in [2.45, 2.75) is 6.92 Å². The number of carbonyl (C=O) groups excluding carboxylic acids is 1. The summed E-state index contributed by atoms with van der Waals surface area (Å²) in [5, 5.41) is 14.0. The van der Waals surface area contributed by atoms with Crippen LogP contribution in [-0.2, 0) is 0 Å². The van der Waals surface area contributed by atoms with E-state index in [4.69, 9.17) is 0 Å². The Hall–Kier alpha value is -2.73. The van der Waals surface area contributed by atoms with Crippen LogP contribution in [0.2, 0.25) is 0 Å². The standard InChI is InChI=1S/C18H15BrN4O/c1-12-3-2-4-15(11-12)20-16-9-10-17(23-22-16)21-18(24)13-5-7-14(19)8-6-13/h2-11H,1H3,(H,20,22)(H,21,23,24). The third-order valence-electron chi connectivity index (χ3n) is 3.30. The molecule has 0 aliphatic rings. The van der Waals surface area contributed by atoms with Crippen LogP contribution < -0.4 is 10.6 Å². The van der Waals surface area contributed by atoms with Crippen molar-refractivity contribution in [3.05, 3.63) is 76.3 Å². The first-order chi connectivity index (χ1) is 11.6. The van der Waals surface area contributed by atoms with Crippen LogP contribution in [-0.4, -0.2) is 16.1 Å². The fraction of sp³-hybridized carbons (Fsp3) is 0.0556. The molecule has 3 rings (SSSR count). The number of hydrogen-bond donors (Lipinski definition) is 2. The predicted molar refractivity (Wildman–Crippen MR) is 98.6 cm³/mol. The van der Waals surface area contributed by atoms with E-state index in [-0.39, 0.29) is 5.91 Å². The maximum absolute atomic E-state index is 12.1. The highest BCUT2D eigenvalue weighted by Crippen LogP contribution is 2.16. The largest absolute Gasteiger partial charge is 0.339 e. The zero-order valence-electron chi connectivity index (χ0n) is 13.0. The van der Waals surface area contributed by atoms with E-state index in [1.807, 2.05) is 43.3 Å². The topological polar surface area (TPSA) is 66.9 Å². The molecule has 0 aliphatic heterocycles. The molecule has 0 saturated heterocycles. The molecule has 6 heteroatoms. The molecule has 0 saturated carbocycles. The third kappa shape index (κ3) is 4.17. The van der Waals surface area contributed by atoms with Crippen molar-refractivity contribution in [3.8, 4) is 0 Å². The number of amides is 1. The molecule has 24 heavy (non-hydrogen) atoms. The number of aromatic nitrogens is 2. The SMILES string of the molecule is Cc1cccc(Nc2ccc(NC(=O)c3ccc(Br)cc3)nn2)c1. The van der Waals surface area contributed by atoms with Crippen LogP contribution in [0.3, 0.4) is 0 Å². The van der Waals surface area contributed by atoms with Crippen molar-refractivity contribution in [2.24, 2.45) is 0 Å². The molecule has 5 nitrogen and oxygen atoms in total. The maximum atomic E-state index is 12.1. The zero-order valence-corrected chi connectivity index (χ0v) is 14.5. The minimum atomic E-state index is -0.226. The normalized spacial score (nSPS) is 10.2. The van der Waals surface area contributed by atoms with Gasteiger partial charge in [-0.1, -0.05) is 28.1 Å². The molecule has 0 radical (unpaired) electrons. The second-order valence-corrected chi connectivity index (χ2v) is 6.17. The summed E-state index contributed by atoms with van der Waals surface area (Å²) in [6.45, 7) is 2.03. The number of benzene rings is 2. The van der Waals surface area contributed by atoms with E-state index in [0.717, 1.165) is 15.7 Å². The van der Waals surface area contributed by atoms with Gasteiger partial charge in [-0.05, 0) is 61.0 Å². The molecule has 3 aromatic rings. The molecule has 0 spiro atoms. The molecular formula is C18H15BrN4O. The Bertz CT molecular complexity index is 848. The highest BCUT2D eigenvalue weighted by molar-refractivity contribution is 9.10. The van der Waals surface area contributed by atoms with Crippen molar-refractivity contribution in [1.29, 1.82) is 0 Å². The summed E-state index contributed by atoms with van der Waals surface area (Å²) in [4.78, 5) is 12.1. The quantitative estimate of drug-likeness (QED) is 0.694. The number of aryl methyl sites for hydroxylation is 1. The second kappa shape index (κ2) is 7.23. The lowest BCUT2D eigenvalue weighted by Crippen LogP contribution is -2.13. The van der Waals surface area contributed by atoms with Crippen molar-refractivity contribution < 1.29 is 4.79 Å². The number of halogens is 1. The van der Waals surface area contributed by atoms with Crippen molar-refractivity contribution in [2.75, 3.05) is 10.6 Å². The van der Waals surface area contributed by atoms with Gasteiger partial charge in [0.1, 0.15) is 0 Å². The van der Waals surface area contributed by atoms with Gasteiger partial charge in [-0.3, -0.25) is 4.79 Å². The Morgan fingerprint density at radius 3 is 2.33 bits per heavy atom.